The summed E-state index contributed by atoms with van der Waals surface area (Å²) in [6.07, 6.45) is 3.86. The zero-order valence-corrected chi connectivity index (χ0v) is 34.3. The minimum atomic E-state index is -0.818. The highest BCUT2D eigenvalue weighted by atomic mass is 32.2. The van der Waals surface area contributed by atoms with Crippen molar-refractivity contribution in [3.8, 4) is 0 Å². The molecule has 15 heteroatoms. The number of carbonyl (C=O) groups is 3. The van der Waals surface area contributed by atoms with Gasteiger partial charge in [0.15, 0.2) is 0 Å². The Hall–Kier alpha value is -4.02. The standard InChI is InChI=1S/C40H53N7O5S3/c1-29(2)38-43-34(27-53-38)25-46(3)39(49)45-36(16-17-47-18-20-55(51)21-19-47)37(48)42-32(22-30-10-6-4-7-11-30)14-15-33(23-31-12-8-5-9-13-31)44-40(50)52-26-35-24-41-28-54-35/h4-13,24,27-29,32-33,36H,14-23,25-26H2,1-3H3,(H,42,48)(H,44,50)(H,45,49)/t32-,33-,36+/m1/s1. The van der Waals surface area contributed by atoms with Crippen molar-refractivity contribution in [3.63, 3.8) is 0 Å². The Labute approximate surface area is 335 Å². The van der Waals surface area contributed by atoms with Gasteiger partial charge >= 0.3 is 12.1 Å². The zero-order chi connectivity index (χ0) is 39.0. The van der Waals surface area contributed by atoms with E-state index in [2.05, 4.69) is 44.7 Å². The molecular formula is C40H53N7O5S3. The highest BCUT2D eigenvalue weighted by Crippen LogP contribution is 2.20. The number of urea groups is 1. The first-order valence-corrected chi connectivity index (χ1v) is 22.1. The summed E-state index contributed by atoms with van der Waals surface area (Å²) in [6.45, 7) is 6.60. The minimum absolute atomic E-state index is 0.140. The second-order valence-electron chi connectivity index (χ2n) is 14.2. The third-order valence-electron chi connectivity index (χ3n) is 9.44. The van der Waals surface area contributed by atoms with Crippen molar-refractivity contribution >= 4 is 51.9 Å². The van der Waals surface area contributed by atoms with Crippen LogP contribution in [-0.2, 0) is 46.7 Å². The molecule has 4 aromatic rings. The molecule has 3 heterocycles. The van der Waals surface area contributed by atoms with Crippen LogP contribution in [-0.4, -0.2) is 98.7 Å². The molecule has 0 radical (unpaired) electrons. The van der Waals surface area contributed by atoms with Crippen LogP contribution in [0.3, 0.4) is 0 Å². The van der Waals surface area contributed by atoms with Gasteiger partial charge in [0.2, 0.25) is 5.91 Å². The van der Waals surface area contributed by atoms with Gasteiger partial charge < -0.3 is 30.1 Å². The second-order valence-corrected chi connectivity index (χ2v) is 17.8. The van der Waals surface area contributed by atoms with Crippen LogP contribution in [0.4, 0.5) is 9.59 Å². The lowest BCUT2D eigenvalue weighted by atomic mass is 9.95. The number of ether oxygens (including phenoxy) is 1. The van der Waals surface area contributed by atoms with Gasteiger partial charge in [0.05, 0.1) is 27.6 Å². The lowest BCUT2D eigenvalue weighted by molar-refractivity contribution is -0.124. The molecule has 0 saturated carbocycles. The Kier molecular flexibility index (Phi) is 16.8. The molecule has 0 spiro atoms. The summed E-state index contributed by atoms with van der Waals surface area (Å²) in [7, 11) is 1.71. The summed E-state index contributed by atoms with van der Waals surface area (Å²) < 4.78 is 17.5. The molecule has 5 rings (SSSR count). The maximum Gasteiger partial charge on any atom is 0.407 e. The van der Waals surface area contributed by atoms with Crippen molar-refractivity contribution in [1.82, 2.24) is 35.7 Å². The van der Waals surface area contributed by atoms with Crippen LogP contribution in [0.25, 0.3) is 0 Å². The highest BCUT2D eigenvalue weighted by Gasteiger charge is 2.28. The number of nitrogens with zero attached hydrogens (tertiary/aromatic N) is 4. The molecule has 0 aliphatic carbocycles. The second kappa shape index (κ2) is 21.9. The molecule has 3 N–H and O–H groups in total. The van der Waals surface area contributed by atoms with E-state index in [-0.39, 0.29) is 30.6 Å². The number of nitrogens with one attached hydrogen (secondary N) is 3. The van der Waals surface area contributed by atoms with E-state index in [1.54, 1.807) is 35.0 Å². The van der Waals surface area contributed by atoms with Crippen LogP contribution in [0.5, 0.6) is 0 Å². The average Bonchev–Trinajstić information content (AvgIpc) is 3.89. The van der Waals surface area contributed by atoms with E-state index in [0.29, 0.717) is 75.7 Å². The van der Waals surface area contributed by atoms with Crippen LogP contribution in [0.15, 0.2) is 77.8 Å². The summed E-state index contributed by atoms with van der Waals surface area (Å²) in [5.41, 5.74) is 4.65. The summed E-state index contributed by atoms with van der Waals surface area (Å²) in [4.78, 5) is 54.2. The maximum atomic E-state index is 14.3. The van der Waals surface area contributed by atoms with Gasteiger partial charge in [-0.05, 0) is 43.2 Å². The number of alkyl carbamates (subject to hydrolysis) is 1. The number of amides is 4. The molecule has 4 amide bonds. The molecule has 12 nitrogen and oxygen atoms in total. The van der Waals surface area contributed by atoms with E-state index >= 15 is 0 Å². The molecule has 2 aromatic carbocycles. The smallest absolute Gasteiger partial charge is 0.407 e. The van der Waals surface area contributed by atoms with E-state index < -0.39 is 23.3 Å². The molecule has 0 bridgehead atoms. The summed E-state index contributed by atoms with van der Waals surface area (Å²) >= 11 is 2.19. The van der Waals surface area contributed by atoms with Crippen molar-refractivity contribution in [2.45, 2.75) is 83.1 Å². The Bertz CT molecular complexity index is 1740. The largest absolute Gasteiger partial charge is 0.616 e. The number of hydrogen-bond acceptors (Lipinski definition) is 10. The van der Waals surface area contributed by atoms with Crippen molar-refractivity contribution in [2.24, 2.45) is 0 Å². The molecule has 1 fully saturated rings. The Morgan fingerprint density at radius 3 is 2.13 bits per heavy atom. The van der Waals surface area contributed by atoms with Crippen molar-refractivity contribution in [2.75, 3.05) is 38.2 Å². The zero-order valence-electron chi connectivity index (χ0n) is 31.9. The average molecular weight is 808 g/mol. The van der Waals surface area contributed by atoms with Gasteiger partial charge in [-0.1, -0.05) is 85.7 Å². The number of thiazole rings is 2. The van der Waals surface area contributed by atoms with Crippen molar-refractivity contribution in [3.05, 3.63) is 104 Å². The summed E-state index contributed by atoms with van der Waals surface area (Å²) in [5.74, 6) is 1.24. The van der Waals surface area contributed by atoms with Crippen molar-refractivity contribution < 1.29 is 23.7 Å². The van der Waals surface area contributed by atoms with Gasteiger partial charge in [-0.3, -0.25) is 14.7 Å². The van der Waals surface area contributed by atoms with Crippen LogP contribution >= 0.6 is 22.7 Å². The van der Waals surface area contributed by atoms with E-state index in [9.17, 15) is 18.9 Å². The predicted molar refractivity (Wildman–Crippen MR) is 220 cm³/mol. The topological polar surface area (TPSA) is 152 Å². The molecule has 3 atom stereocenters. The lowest BCUT2D eigenvalue weighted by Gasteiger charge is -2.30. The highest BCUT2D eigenvalue weighted by molar-refractivity contribution is 7.91. The first-order chi connectivity index (χ1) is 26.6. The van der Waals surface area contributed by atoms with E-state index in [0.717, 1.165) is 26.7 Å². The monoisotopic (exact) mass is 807 g/mol. The Morgan fingerprint density at radius 2 is 1.55 bits per heavy atom. The van der Waals surface area contributed by atoms with Crippen LogP contribution < -0.4 is 16.0 Å². The maximum absolute atomic E-state index is 14.3. The van der Waals surface area contributed by atoms with Crippen LogP contribution in [0.2, 0.25) is 0 Å². The number of rotatable bonds is 19. The van der Waals surface area contributed by atoms with Gasteiger partial charge in [-0.2, -0.15) is 0 Å². The minimum Gasteiger partial charge on any atom is -0.616 e. The van der Waals surface area contributed by atoms with Gasteiger partial charge in [0, 0.05) is 56.3 Å². The summed E-state index contributed by atoms with van der Waals surface area (Å²) in [6, 6.07) is 18.2. The first kappa shape index (κ1) is 42.1. The lowest BCUT2D eigenvalue weighted by Crippen LogP contribution is -2.54. The third-order valence-corrected chi connectivity index (χ3v) is 12.7. The fourth-order valence-corrected chi connectivity index (χ4v) is 8.78. The molecule has 0 unspecified atom stereocenters. The molecule has 1 aliphatic heterocycles. The van der Waals surface area contributed by atoms with Gasteiger partial charge in [-0.15, -0.1) is 22.7 Å². The SMILES string of the molecule is CC(C)c1nc(CN(C)C(=O)N[C@@H](CCN2CC[S+]([O-])CC2)C(=O)N[C@H](CC[C@H](Cc2ccccc2)NC(=O)OCc2cncs2)Cc2ccccc2)cs1. The predicted octanol–water partition coefficient (Wildman–Crippen LogP) is 5.73. The fourth-order valence-electron chi connectivity index (χ4n) is 6.32. The summed E-state index contributed by atoms with van der Waals surface area (Å²) in [5, 5.41) is 12.4. The molecule has 1 saturated heterocycles. The molecule has 296 valence electrons. The normalized spacial score (nSPS) is 15.2. The van der Waals surface area contributed by atoms with E-state index in [1.165, 1.54) is 11.3 Å². The number of hydrogen-bond donors (Lipinski definition) is 3. The first-order valence-electron chi connectivity index (χ1n) is 18.8. The van der Waals surface area contributed by atoms with Crippen molar-refractivity contribution in [1.29, 1.82) is 0 Å². The molecule has 1 aliphatic rings. The van der Waals surface area contributed by atoms with Gasteiger partial charge in [0.25, 0.3) is 0 Å². The van der Waals surface area contributed by atoms with Crippen LogP contribution in [0.1, 0.15) is 65.7 Å². The van der Waals surface area contributed by atoms with Crippen LogP contribution in [0, 0.1) is 0 Å². The molecule has 2 aromatic heterocycles. The van der Waals surface area contributed by atoms with E-state index in [1.807, 2.05) is 66.0 Å². The Morgan fingerprint density at radius 1 is 0.909 bits per heavy atom. The number of benzene rings is 2. The van der Waals surface area contributed by atoms with Gasteiger partial charge in [0.1, 0.15) is 24.2 Å². The van der Waals surface area contributed by atoms with E-state index in [4.69, 9.17) is 4.74 Å². The molecule has 55 heavy (non-hydrogen) atoms. The number of aromatic nitrogens is 2. The van der Waals surface area contributed by atoms with Gasteiger partial charge in [-0.25, -0.2) is 14.6 Å². The third kappa shape index (κ3) is 14.5. The molecular weight excluding hydrogens is 755 g/mol. The quantitative estimate of drug-likeness (QED) is 0.102. The fraction of sp³-hybridized carbons (Fsp3) is 0.475. The Balaban J connectivity index is 1.28. The number of carbonyl (C=O) groups excluding carboxylic acids is 3.